The van der Waals surface area contributed by atoms with Crippen LogP contribution in [0.3, 0.4) is 0 Å². The first-order valence-corrected chi connectivity index (χ1v) is 6.78. The molecule has 4 nitrogen and oxygen atoms in total. The Morgan fingerprint density at radius 3 is 2.78 bits per heavy atom. The van der Waals surface area contributed by atoms with Crippen LogP contribution in [0.15, 0.2) is 22.9 Å². The van der Waals surface area contributed by atoms with Gasteiger partial charge in [0.2, 0.25) is 0 Å². The van der Waals surface area contributed by atoms with E-state index in [9.17, 15) is 4.79 Å². The van der Waals surface area contributed by atoms with E-state index in [0.717, 1.165) is 22.2 Å². The highest BCUT2D eigenvalue weighted by atomic mass is 32.1. The third-order valence-corrected chi connectivity index (χ3v) is 3.62. The summed E-state index contributed by atoms with van der Waals surface area (Å²) < 4.78 is 0. The van der Waals surface area contributed by atoms with Gasteiger partial charge in [0.25, 0.3) is 0 Å². The summed E-state index contributed by atoms with van der Waals surface area (Å²) in [4.78, 5) is 15.4. The van der Waals surface area contributed by atoms with Gasteiger partial charge in [-0.15, -0.1) is 22.7 Å². The van der Waals surface area contributed by atoms with Crippen molar-refractivity contribution in [1.82, 2.24) is 4.98 Å². The lowest BCUT2D eigenvalue weighted by atomic mass is 10.2. The van der Waals surface area contributed by atoms with Crippen molar-refractivity contribution in [3.8, 4) is 0 Å². The number of thiophene rings is 1. The van der Waals surface area contributed by atoms with E-state index in [0.29, 0.717) is 5.13 Å². The number of nitrogen functional groups attached to an aromatic ring is 1. The topological polar surface area (TPSA) is 76.2 Å². The Hall–Kier alpha value is -1.92. The molecule has 0 spiro atoms. The van der Waals surface area contributed by atoms with Crippen LogP contribution in [-0.4, -0.2) is 16.1 Å². The molecule has 0 bridgehead atoms. The van der Waals surface area contributed by atoms with Crippen LogP contribution in [0.1, 0.15) is 16.1 Å². The van der Waals surface area contributed by atoms with Crippen LogP contribution in [0.2, 0.25) is 0 Å². The Kier molecular flexibility index (Phi) is 3.91. The average Bonchev–Trinajstić information content (AvgIpc) is 2.93. The lowest BCUT2D eigenvalue weighted by molar-refractivity contribution is -0.131. The molecule has 3 N–H and O–H groups in total. The maximum absolute atomic E-state index is 10.4. The third kappa shape index (κ3) is 3.54. The minimum Gasteiger partial charge on any atom is -0.478 e. The number of carbonyl (C=O) groups is 1. The van der Waals surface area contributed by atoms with Gasteiger partial charge < -0.3 is 10.8 Å². The Balaban J connectivity index is 2.06. The molecule has 0 unspecified atom stereocenters. The van der Waals surface area contributed by atoms with Gasteiger partial charge in [0.05, 0.1) is 5.69 Å². The number of hydrogen-bond acceptors (Lipinski definition) is 5. The lowest BCUT2D eigenvalue weighted by Crippen LogP contribution is -1.84. The van der Waals surface area contributed by atoms with Gasteiger partial charge in [-0.05, 0) is 29.2 Å². The first kappa shape index (κ1) is 12.5. The van der Waals surface area contributed by atoms with Gasteiger partial charge in [-0.1, -0.05) is 6.08 Å². The van der Waals surface area contributed by atoms with Crippen molar-refractivity contribution in [2.45, 2.75) is 0 Å². The summed E-state index contributed by atoms with van der Waals surface area (Å²) in [5, 5.41) is 12.9. The quantitative estimate of drug-likeness (QED) is 0.843. The maximum atomic E-state index is 10.4. The van der Waals surface area contributed by atoms with Crippen LogP contribution < -0.4 is 5.73 Å². The van der Waals surface area contributed by atoms with E-state index >= 15 is 0 Å². The first-order valence-electron chi connectivity index (χ1n) is 5.02. The molecule has 18 heavy (non-hydrogen) atoms. The molecule has 0 radical (unpaired) electrons. The number of nitrogens with two attached hydrogens (primary N) is 1. The van der Waals surface area contributed by atoms with Crippen molar-refractivity contribution >= 4 is 52.0 Å². The predicted octanol–water partition coefficient (Wildman–Crippen LogP) is 3.06. The van der Waals surface area contributed by atoms with Gasteiger partial charge in [0.15, 0.2) is 5.13 Å². The number of aliphatic carboxylic acids is 1. The molecule has 6 heteroatoms. The standard InChI is InChI=1S/C12H10N2O2S2/c13-12-14-9(7-18-12)2-1-8-5-10(17-6-8)3-4-11(15)16/h1-7H,(H2,13,14)(H,15,16)/b2-1+,4-3+. The molecule has 2 aromatic heterocycles. The van der Waals surface area contributed by atoms with Gasteiger partial charge in [0.1, 0.15) is 0 Å². The molecule has 0 saturated heterocycles. The van der Waals surface area contributed by atoms with Crippen LogP contribution >= 0.6 is 22.7 Å². The fourth-order valence-electron chi connectivity index (χ4n) is 1.26. The van der Waals surface area contributed by atoms with Crippen molar-refractivity contribution in [2.24, 2.45) is 0 Å². The SMILES string of the molecule is Nc1nc(/C=C/c2csc(/C=C/C(=O)O)c2)cs1. The first-order chi connectivity index (χ1) is 8.63. The number of carboxylic acid groups (broad SMARTS) is 1. The Morgan fingerprint density at radius 2 is 2.11 bits per heavy atom. The monoisotopic (exact) mass is 278 g/mol. The smallest absolute Gasteiger partial charge is 0.328 e. The van der Waals surface area contributed by atoms with Gasteiger partial charge in [-0.2, -0.15) is 0 Å². The van der Waals surface area contributed by atoms with E-state index in [1.807, 2.05) is 29.0 Å². The molecular weight excluding hydrogens is 268 g/mol. The molecule has 92 valence electrons. The third-order valence-electron chi connectivity index (χ3n) is 2.02. The largest absolute Gasteiger partial charge is 0.478 e. The van der Waals surface area contributed by atoms with E-state index in [4.69, 9.17) is 10.8 Å². The molecule has 2 heterocycles. The van der Waals surface area contributed by atoms with Crippen LogP contribution in [-0.2, 0) is 4.79 Å². The molecule has 2 aromatic rings. The number of rotatable bonds is 4. The molecule has 0 fully saturated rings. The van der Waals surface area contributed by atoms with E-state index in [-0.39, 0.29) is 0 Å². The molecule has 0 atom stereocenters. The predicted molar refractivity (Wildman–Crippen MR) is 76.4 cm³/mol. The second-order valence-corrected chi connectivity index (χ2v) is 5.23. The second kappa shape index (κ2) is 5.61. The Bertz CT molecular complexity index is 611. The number of aromatic nitrogens is 1. The number of carboxylic acids is 1. The highest BCUT2D eigenvalue weighted by Crippen LogP contribution is 2.19. The van der Waals surface area contributed by atoms with Crippen molar-refractivity contribution in [2.75, 3.05) is 5.73 Å². The molecule has 0 aromatic carbocycles. The Morgan fingerprint density at radius 1 is 1.28 bits per heavy atom. The zero-order valence-electron chi connectivity index (χ0n) is 9.24. The van der Waals surface area contributed by atoms with Crippen LogP contribution in [0.4, 0.5) is 5.13 Å². The van der Waals surface area contributed by atoms with Crippen LogP contribution in [0.5, 0.6) is 0 Å². The van der Waals surface area contributed by atoms with Gasteiger partial charge in [0, 0.05) is 16.3 Å². The fourth-order valence-corrected chi connectivity index (χ4v) is 2.56. The molecular formula is C12H10N2O2S2. The minimum atomic E-state index is -0.946. The maximum Gasteiger partial charge on any atom is 0.328 e. The zero-order chi connectivity index (χ0) is 13.0. The molecule has 2 rings (SSSR count). The number of anilines is 1. The Labute approximate surface area is 112 Å². The van der Waals surface area contributed by atoms with E-state index < -0.39 is 5.97 Å². The molecule has 0 aliphatic rings. The molecule has 0 saturated carbocycles. The molecule has 0 amide bonds. The minimum absolute atomic E-state index is 0.546. The molecule has 0 aliphatic carbocycles. The van der Waals surface area contributed by atoms with E-state index in [2.05, 4.69) is 4.98 Å². The van der Waals surface area contributed by atoms with Gasteiger partial charge in [-0.25, -0.2) is 9.78 Å². The van der Waals surface area contributed by atoms with Crippen molar-refractivity contribution in [3.05, 3.63) is 39.0 Å². The number of nitrogens with zero attached hydrogens (tertiary/aromatic N) is 1. The number of thiazole rings is 1. The second-order valence-electron chi connectivity index (χ2n) is 3.40. The summed E-state index contributed by atoms with van der Waals surface area (Å²) in [6.45, 7) is 0. The summed E-state index contributed by atoms with van der Waals surface area (Å²) in [7, 11) is 0. The fraction of sp³-hybridized carbons (Fsp3) is 0. The summed E-state index contributed by atoms with van der Waals surface area (Å²) in [6.07, 6.45) is 6.49. The van der Waals surface area contributed by atoms with Crippen LogP contribution in [0.25, 0.3) is 18.2 Å². The van der Waals surface area contributed by atoms with Gasteiger partial charge in [-0.3, -0.25) is 0 Å². The van der Waals surface area contributed by atoms with Crippen molar-refractivity contribution < 1.29 is 9.90 Å². The normalized spacial score (nSPS) is 11.6. The summed E-state index contributed by atoms with van der Waals surface area (Å²) in [5.41, 5.74) is 7.37. The average molecular weight is 278 g/mol. The lowest BCUT2D eigenvalue weighted by Gasteiger charge is -1.84. The summed E-state index contributed by atoms with van der Waals surface area (Å²) in [5.74, 6) is -0.946. The van der Waals surface area contributed by atoms with E-state index in [1.54, 1.807) is 6.08 Å². The highest BCUT2D eigenvalue weighted by molar-refractivity contribution is 7.13. The van der Waals surface area contributed by atoms with Crippen molar-refractivity contribution in [3.63, 3.8) is 0 Å². The highest BCUT2D eigenvalue weighted by Gasteiger charge is 1.96. The van der Waals surface area contributed by atoms with E-state index in [1.165, 1.54) is 22.7 Å². The van der Waals surface area contributed by atoms with Crippen molar-refractivity contribution in [1.29, 1.82) is 0 Å². The number of hydrogen-bond donors (Lipinski definition) is 2. The summed E-state index contributed by atoms with van der Waals surface area (Å²) in [6, 6.07) is 1.91. The van der Waals surface area contributed by atoms with Crippen LogP contribution in [0, 0.1) is 0 Å². The molecule has 0 aliphatic heterocycles. The van der Waals surface area contributed by atoms with Gasteiger partial charge >= 0.3 is 5.97 Å². The summed E-state index contributed by atoms with van der Waals surface area (Å²) >= 11 is 2.89. The zero-order valence-corrected chi connectivity index (χ0v) is 10.9.